The molecule has 92 valence electrons. The van der Waals surface area contributed by atoms with E-state index in [-0.39, 0.29) is 0 Å². The molecule has 8 heteroatoms. The third-order valence-electron chi connectivity index (χ3n) is 1.86. The Hall–Kier alpha value is -0.560. The zero-order valence-electron chi connectivity index (χ0n) is 7.52. The van der Waals surface area contributed by atoms with Crippen LogP contribution in [-0.4, -0.2) is 18.3 Å². The van der Waals surface area contributed by atoms with Crippen molar-refractivity contribution in [1.29, 1.82) is 0 Å². The summed E-state index contributed by atoms with van der Waals surface area (Å²) in [4.78, 5) is 0. The molecule has 1 unspecified atom stereocenters. The molecule has 0 aliphatic heterocycles. The summed E-state index contributed by atoms with van der Waals surface area (Å²) in [5.74, 6) is -8.07. The first-order valence-electron chi connectivity index (χ1n) is 3.93. The number of alkyl halides is 8. The highest BCUT2D eigenvalue weighted by atomic mass is 19.4. The van der Waals surface area contributed by atoms with Crippen molar-refractivity contribution in [3.63, 3.8) is 0 Å². The maximum atomic E-state index is 12.5. The van der Waals surface area contributed by atoms with Crippen molar-refractivity contribution in [3.8, 4) is 0 Å². The first kappa shape index (κ1) is 14.4. The van der Waals surface area contributed by atoms with E-state index < -0.39 is 37.0 Å². The standard InChI is InChI=1S/C7H8F8/c1-2-4(3-5(8,9)10)6(11,12)7(13,14)15/h4H,2-3H2,1H3. The Morgan fingerprint density at radius 3 is 1.47 bits per heavy atom. The van der Waals surface area contributed by atoms with E-state index in [1.165, 1.54) is 0 Å². The molecule has 0 saturated heterocycles. The molecule has 0 aliphatic rings. The van der Waals surface area contributed by atoms with Crippen molar-refractivity contribution >= 4 is 0 Å². The van der Waals surface area contributed by atoms with Crippen molar-refractivity contribution in [3.05, 3.63) is 0 Å². The molecule has 0 nitrogen and oxygen atoms in total. The van der Waals surface area contributed by atoms with Crippen molar-refractivity contribution in [1.82, 2.24) is 0 Å². The fraction of sp³-hybridized carbons (Fsp3) is 1.00. The van der Waals surface area contributed by atoms with E-state index in [2.05, 4.69) is 0 Å². The molecule has 0 aromatic carbocycles. The molecule has 0 aliphatic carbocycles. The van der Waals surface area contributed by atoms with Crippen molar-refractivity contribution < 1.29 is 35.1 Å². The minimum Gasteiger partial charge on any atom is -0.196 e. The summed E-state index contributed by atoms with van der Waals surface area (Å²) < 4.78 is 95.3. The Labute approximate surface area is 80.3 Å². The van der Waals surface area contributed by atoms with Gasteiger partial charge in [0.15, 0.2) is 0 Å². The van der Waals surface area contributed by atoms with Crippen LogP contribution in [0.5, 0.6) is 0 Å². The van der Waals surface area contributed by atoms with Crippen LogP contribution >= 0.6 is 0 Å². The van der Waals surface area contributed by atoms with Gasteiger partial charge in [-0.3, -0.25) is 0 Å². The third kappa shape index (κ3) is 3.83. The third-order valence-corrected chi connectivity index (χ3v) is 1.86. The van der Waals surface area contributed by atoms with Gasteiger partial charge in [0.2, 0.25) is 0 Å². The van der Waals surface area contributed by atoms with Crippen LogP contribution in [-0.2, 0) is 0 Å². The van der Waals surface area contributed by atoms with Crippen LogP contribution in [0.3, 0.4) is 0 Å². The molecule has 0 heterocycles. The smallest absolute Gasteiger partial charge is 0.196 e. The molecular formula is C7H8F8. The van der Waals surface area contributed by atoms with Crippen molar-refractivity contribution in [2.24, 2.45) is 5.92 Å². The molecule has 0 rings (SSSR count). The van der Waals surface area contributed by atoms with Gasteiger partial charge in [0, 0.05) is 5.92 Å². The van der Waals surface area contributed by atoms with E-state index >= 15 is 0 Å². The Bertz CT molecular complexity index is 200. The van der Waals surface area contributed by atoms with Crippen LogP contribution in [0.25, 0.3) is 0 Å². The van der Waals surface area contributed by atoms with Gasteiger partial charge < -0.3 is 0 Å². The average molecular weight is 244 g/mol. The van der Waals surface area contributed by atoms with Gasteiger partial charge in [-0.2, -0.15) is 35.1 Å². The first-order chi connectivity index (χ1) is 6.42. The lowest BCUT2D eigenvalue weighted by atomic mass is 9.94. The van der Waals surface area contributed by atoms with Crippen LogP contribution in [0, 0.1) is 5.92 Å². The van der Waals surface area contributed by atoms with Crippen molar-refractivity contribution in [2.45, 2.75) is 38.0 Å². The predicted octanol–water partition coefficient (Wildman–Crippen LogP) is 4.16. The summed E-state index contributed by atoms with van der Waals surface area (Å²) in [6.45, 7) is 0.857. The minimum absolute atomic E-state index is 0.857. The van der Waals surface area contributed by atoms with Gasteiger partial charge in [0.25, 0.3) is 0 Å². The van der Waals surface area contributed by atoms with E-state index in [9.17, 15) is 35.1 Å². The topological polar surface area (TPSA) is 0 Å². The second-order valence-electron chi connectivity index (χ2n) is 3.05. The van der Waals surface area contributed by atoms with Gasteiger partial charge in [-0.05, 0) is 6.42 Å². The largest absolute Gasteiger partial charge is 0.453 e. The fourth-order valence-electron chi connectivity index (χ4n) is 1.04. The summed E-state index contributed by atoms with van der Waals surface area (Å²) in [5.41, 5.74) is 0. The molecule has 0 spiro atoms. The molecule has 0 aromatic heterocycles. The normalized spacial score (nSPS) is 16.6. The zero-order valence-corrected chi connectivity index (χ0v) is 7.52. The van der Waals surface area contributed by atoms with Gasteiger partial charge >= 0.3 is 18.3 Å². The fourth-order valence-corrected chi connectivity index (χ4v) is 1.04. The van der Waals surface area contributed by atoms with Crippen LogP contribution in [0.1, 0.15) is 19.8 Å². The van der Waals surface area contributed by atoms with E-state index in [1.54, 1.807) is 0 Å². The molecule has 0 fully saturated rings. The SMILES string of the molecule is CCC(CC(F)(F)F)C(F)(F)C(F)(F)F. The highest BCUT2D eigenvalue weighted by Gasteiger charge is 2.63. The molecule has 0 aromatic rings. The van der Waals surface area contributed by atoms with Crippen LogP contribution in [0.4, 0.5) is 35.1 Å². The van der Waals surface area contributed by atoms with E-state index in [1.807, 2.05) is 0 Å². The van der Waals surface area contributed by atoms with Gasteiger partial charge in [0.05, 0.1) is 6.42 Å². The minimum atomic E-state index is -5.95. The molecule has 0 N–H and O–H groups in total. The maximum absolute atomic E-state index is 12.5. The summed E-state index contributed by atoms with van der Waals surface area (Å²) in [6.07, 6.45) is -14.0. The Morgan fingerprint density at radius 2 is 1.27 bits per heavy atom. The summed E-state index contributed by atoms with van der Waals surface area (Å²) in [5, 5.41) is 0. The molecule has 0 radical (unpaired) electrons. The van der Waals surface area contributed by atoms with Crippen LogP contribution in [0.2, 0.25) is 0 Å². The second-order valence-corrected chi connectivity index (χ2v) is 3.05. The first-order valence-corrected chi connectivity index (χ1v) is 3.93. The number of halogens is 8. The quantitative estimate of drug-likeness (QED) is 0.654. The monoisotopic (exact) mass is 244 g/mol. The van der Waals surface area contributed by atoms with Gasteiger partial charge in [-0.1, -0.05) is 6.92 Å². The average Bonchev–Trinajstić information content (AvgIpc) is 1.95. The molecule has 0 amide bonds. The second kappa shape index (κ2) is 4.13. The Kier molecular flexibility index (Phi) is 3.98. The van der Waals surface area contributed by atoms with E-state index in [0.717, 1.165) is 6.92 Å². The molecule has 0 saturated carbocycles. The van der Waals surface area contributed by atoms with Gasteiger partial charge in [-0.15, -0.1) is 0 Å². The summed E-state index contributed by atoms with van der Waals surface area (Å²) >= 11 is 0. The van der Waals surface area contributed by atoms with Crippen molar-refractivity contribution in [2.75, 3.05) is 0 Å². The zero-order chi connectivity index (χ0) is 12.5. The summed E-state index contributed by atoms with van der Waals surface area (Å²) in [7, 11) is 0. The molecule has 1 atom stereocenters. The number of hydrogen-bond acceptors (Lipinski definition) is 0. The maximum Gasteiger partial charge on any atom is 0.453 e. The Morgan fingerprint density at radius 1 is 0.867 bits per heavy atom. The number of rotatable bonds is 3. The van der Waals surface area contributed by atoms with Crippen LogP contribution in [0.15, 0.2) is 0 Å². The highest BCUT2D eigenvalue weighted by Crippen LogP contribution is 2.46. The molecular weight excluding hydrogens is 236 g/mol. The summed E-state index contributed by atoms with van der Waals surface area (Å²) in [6, 6.07) is 0. The lowest BCUT2D eigenvalue weighted by Crippen LogP contribution is -2.44. The predicted molar refractivity (Wildman–Crippen MR) is 35.5 cm³/mol. The van der Waals surface area contributed by atoms with E-state index in [4.69, 9.17) is 0 Å². The highest BCUT2D eigenvalue weighted by molar-refractivity contribution is 4.84. The van der Waals surface area contributed by atoms with Gasteiger partial charge in [0.1, 0.15) is 0 Å². The lowest BCUT2D eigenvalue weighted by Gasteiger charge is -2.28. The number of hydrogen-bond donors (Lipinski definition) is 0. The molecule has 0 bridgehead atoms. The molecule has 15 heavy (non-hydrogen) atoms. The van der Waals surface area contributed by atoms with Crippen LogP contribution < -0.4 is 0 Å². The van der Waals surface area contributed by atoms with Gasteiger partial charge in [-0.25, -0.2) is 0 Å². The Balaban J connectivity index is 4.82. The lowest BCUT2D eigenvalue weighted by molar-refractivity contribution is -0.312. The van der Waals surface area contributed by atoms with E-state index in [0.29, 0.717) is 0 Å².